The van der Waals surface area contributed by atoms with E-state index in [9.17, 15) is 14.7 Å². The molecule has 0 radical (unpaired) electrons. The van der Waals surface area contributed by atoms with Crippen LogP contribution < -0.4 is 5.32 Å². The molecule has 1 aliphatic heterocycles. The fourth-order valence-electron chi connectivity index (χ4n) is 1.90. The largest absolute Gasteiger partial charge is 0.480 e. The fourth-order valence-corrected chi connectivity index (χ4v) is 1.90. The van der Waals surface area contributed by atoms with Crippen LogP contribution in [0.4, 0.5) is 10.5 Å². The van der Waals surface area contributed by atoms with E-state index < -0.39 is 24.1 Å². The number of nitrogens with zero attached hydrogens (tertiary/aromatic N) is 2. The second kappa shape index (κ2) is 5.01. The summed E-state index contributed by atoms with van der Waals surface area (Å²) in [5.74, 6) is -1.12. The van der Waals surface area contributed by atoms with Gasteiger partial charge in [-0.25, -0.2) is 9.59 Å². The first kappa shape index (κ1) is 12.3. The molecular formula is C11H13N3O4. The molecule has 1 fully saturated rings. The third-order valence-corrected chi connectivity index (χ3v) is 2.74. The van der Waals surface area contributed by atoms with Crippen molar-refractivity contribution in [1.82, 2.24) is 9.88 Å². The minimum atomic E-state index is -1.12. The second-order valence-electron chi connectivity index (χ2n) is 4.07. The molecule has 3 N–H and O–H groups in total. The fraction of sp³-hybridized carbons (Fsp3) is 0.364. The van der Waals surface area contributed by atoms with Crippen LogP contribution in [0.3, 0.4) is 0 Å². The van der Waals surface area contributed by atoms with Crippen molar-refractivity contribution < 1.29 is 19.8 Å². The van der Waals surface area contributed by atoms with E-state index >= 15 is 0 Å². The number of hydrogen-bond acceptors (Lipinski definition) is 4. The zero-order valence-corrected chi connectivity index (χ0v) is 9.48. The number of aromatic nitrogens is 1. The van der Waals surface area contributed by atoms with Crippen molar-refractivity contribution in [2.75, 3.05) is 11.9 Å². The van der Waals surface area contributed by atoms with Gasteiger partial charge in [-0.15, -0.1) is 0 Å². The number of carboxylic acids is 1. The van der Waals surface area contributed by atoms with Crippen LogP contribution in [0, 0.1) is 0 Å². The topological polar surface area (TPSA) is 103 Å². The molecule has 0 aromatic carbocycles. The number of aliphatic hydroxyl groups is 1. The molecule has 0 spiro atoms. The predicted molar refractivity (Wildman–Crippen MR) is 62.0 cm³/mol. The van der Waals surface area contributed by atoms with Crippen LogP contribution in [-0.2, 0) is 4.79 Å². The molecule has 2 rings (SSSR count). The Hall–Kier alpha value is -2.15. The van der Waals surface area contributed by atoms with Gasteiger partial charge in [-0.05, 0) is 12.1 Å². The van der Waals surface area contributed by atoms with Gasteiger partial charge < -0.3 is 20.4 Å². The highest BCUT2D eigenvalue weighted by Crippen LogP contribution is 2.19. The number of carboxylic acid groups (broad SMARTS) is 1. The molecule has 2 heterocycles. The van der Waals surface area contributed by atoms with Crippen molar-refractivity contribution in [3.05, 3.63) is 24.5 Å². The molecular weight excluding hydrogens is 238 g/mol. The molecule has 2 amide bonds. The van der Waals surface area contributed by atoms with E-state index in [0.29, 0.717) is 5.69 Å². The molecule has 1 saturated heterocycles. The SMILES string of the molecule is O=C(O)[C@@H]1C[C@@H](O)CN1C(=O)Nc1cccnc1. The van der Waals surface area contributed by atoms with Crippen LogP contribution in [0.25, 0.3) is 0 Å². The third kappa shape index (κ3) is 2.57. The summed E-state index contributed by atoms with van der Waals surface area (Å²) < 4.78 is 0. The van der Waals surface area contributed by atoms with Crippen molar-refractivity contribution in [3.63, 3.8) is 0 Å². The Labute approximate surface area is 103 Å². The van der Waals surface area contributed by atoms with Crippen molar-refractivity contribution in [2.24, 2.45) is 0 Å². The normalized spacial score (nSPS) is 22.8. The van der Waals surface area contributed by atoms with Crippen molar-refractivity contribution in [3.8, 4) is 0 Å². The summed E-state index contributed by atoms with van der Waals surface area (Å²) in [4.78, 5) is 27.8. The maximum absolute atomic E-state index is 11.9. The Morgan fingerprint density at radius 1 is 1.50 bits per heavy atom. The summed E-state index contributed by atoms with van der Waals surface area (Å²) in [6.07, 6.45) is 2.27. The lowest BCUT2D eigenvalue weighted by Gasteiger charge is -2.21. The summed E-state index contributed by atoms with van der Waals surface area (Å²) >= 11 is 0. The summed E-state index contributed by atoms with van der Waals surface area (Å²) in [6.45, 7) is 0.0169. The minimum Gasteiger partial charge on any atom is -0.480 e. The number of carbonyl (C=O) groups is 2. The lowest BCUT2D eigenvalue weighted by Crippen LogP contribution is -2.43. The summed E-state index contributed by atoms with van der Waals surface area (Å²) in [6, 6.07) is 1.76. The van der Waals surface area contributed by atoms with Gasteiger partial charge in [-0.3, -0.25) is 4.98 Å². The number of β-amino-alcohol motifs (C(OH)–C–C–N with tert-alkyl or cyclic N) is 1. The number of nitrogens with one attached hydrogen (secondary N) is 1. The van der Waals surface area contributed by atoms with Gasteiger partial charge in [0.05, 0.1) is 18.0 Å². The van der Waals surface area contributed by atoms with E-state index in [2.05, 4.69) is 10.3 Å². The van der Waals surface area contributed by atoms with E-state index in [4.69, 9.17) is 5.11 Å². The standard InChI is InChI=1S/C11H13N3O4/c15-8-4-9(10(16)17)14(6-8)11(18)13-7-2-1-3-12-5-7/h1-3,5,8-9,15H,4,6H2,(H,13,18)(H,16,17)/t8-,9+/m1/s1. The number of aliphatic carboxylic acids is 1. The van der Waals surface area contributed by atoms with Crippen LogP contribution in [0.15, 0.2) is 24.5 Å². The zero-order valence-electron chi connectivity index (χ0n) is 9.48. The average Bonchev–Trinajstić information content (AvgIpc) is 2.73. The monoisotopic (exact) mass is 251 g/mol. The number of aliphatic hydroxyl groups excluding tert-OH is 1. The Morgan fingerprint density at radius 2 is 2.28 bits per heavy atom. The van der Waals surface area contributed by atoms with Crippen molar-refractivity contribution in [2.45, 2.75) is 18.6 Å². The molecule has 7 heteroatoms. The van der Waals surface area contributed by atoms with E-state index in [-0.39, 0.29) is 13.0 Å². The minimum absolute atomic E-state index is 0.0169. The number of hydrogen-bond donors (Lipinski definition) is 3. The van der Waals surface area contributed by atoms with Gasteiger partial charge in [0.15, 0.2) is 0 Å². The Morgan fingerprint density at radius 3 is 2.89 bits per heavy atom. The van der Waals surface area contributed by atoms with E-state index in [0.717, 1.165) is 4.90 Å². The molecule has 7 nitrogen and oxygen atoms in total. The van der Waals surface area contributed by atoms with Gasteiger partial charge in [0, 0.05) is 19.2 Å². The summed E-state index contributed by atoms with van der Waals surface area (Å²) in [5, 5.41) is 20.9. The van der Waals surface area contributed by atoms with E-state index in [1.54, 1.807) is 18.3 Å². The highest BCUT2D eigenvalue weighted by atomic mass is 16.4. The zero-order chi connectivity index (χ0) is 13.1. The second-order valence-corrected chi connectivity index (χ2v) is 4.07. The van der Waals surface area contributed by atoms with Gasteiger partial charge in [-0.1, -0.05) is 0 Å². The van der Waals surface area contributed by atoms with E-state index in [1.807, 2.05) is 0 Å². The first-order valence-electron chi connectivity index (χ1n) is 5.46. The molecule has 18 heavy (non-hydrogen) atoms. The molecule has 0 unspecified atom stereocenters. The number of anilines is 1. The summed E-state index contributed by atoms with van der Waals surface area (Å²) in [5.41, 5.74) is 0.480. The van der Waals surface area contributed by atoms with Crippen LogP contribution in [0.5, 0.6) is 0 Å². The number of pyridine rings is 1. The number of rotatable bonds is 2. The molecule has 0 bridgehead atoms. The maximum atomic E-state index is 11.9. The van der Waals surface area contributed by atoms with Gasteiger partial charge >= 0.3 is 12.0 Å². The van der Waals surface area contributed by atoms with E-state index in [1.165, 1.54) is 6.20 Å². The molecule has 1 aromatic heterocycles. The third-order valence-electron chi connectivity index (χ3n) is 2.74. The first-order valence-corrected chi connectivity index (χ1v) is 5.46. The molecule has 1 aliphatic rings. The molecule has 1 aromatic rings. The highest BCUT2D eigenvalue weighted by Gasteiger charge is 2.38. The highest BCUT2D eigenvalue weighted by molar-refractivity contribution is 5.92. The predicted octanol–water partition coefficient (Wildman–Crippen LogP) is 0.133. The van der Waals surface area contributed by atoms with Crippen LogP contribution in [0.1, 0.15) is 6.42 Å². The average molecular weight is 251 g/mol. The summed E-state index contributed by atoms with van der Waals surface area (Å²) in [7, 11) is 0. The van der Waals surface area contributed by atoms with Crippen molar-refractivity contribution in [1.29, 1.82) is 0 Å². The van der Waals surface area contributed by atoms with Gasteiger partial charge in [0.2, 0.25) is 0 Å². The number of amides is 2. The Kier molecular flexibility index (Phi) is 3.42. The molecule has 0 saturated carbocycles. The molecule has 2 atom stereocenters. The molecule has 96 valence electrons. The van der Waals surface area contributed by atoms with Crippen LogP contribution >= 0.6 is 0 Å². The lowest BCUT2D eigenvalue weighted by atomic mass is 10.2. The lowest BCUT2D eigenvalue weighted by molar-refractivity contribution is -0.141. The number of carbonyl (C=O) groups excluding carboxylic acids is 1. The van der Waals surface area contributed by atoms with Crippen LogP contribution in [0.2, 0.25) is 0 Å². The Balaban J connectivity index is 2.06. The number of likely N-dealkylation sites (tertiary alicyclic amines) is 1. The van der Waals surface area contributed by atoms with Gasteiger partial charge in [0.1, 0.15) is 6.04 Å². The van der Waals surface area contributed by atoms with Gasteiger partial charge in [-0.2, -0.15) is 0 Å². The number of urea groups is 1. The maximum Gasteiger partial charge on any atom is 0.326 e. The van der Waals surface area contributed by atoms with Crippen molar-refractivity contribution >= 4 is 17.7 Å². The Bertz CT molecular complexity index is 451. The van der Waals surface area contributed by atoms with Gasteiger partial charge in [0.25, 0.3) is 0 Å². The van der Waals surface area contributed by atoms with Crippen LogP contribution in [-0.4, -0.2) is 50.8 Å². The smallest absolute Gasteiger partial charge is 0.326 e. The molecule has 0 aliphatic carbocycles. The quantitative estimate of drug-likeness (QED) is 0.693. The first-order chi connectivity index (χ1) is 8.58.